The average Bonchev–Trinajstić information content (AvgIpc) is 2.55. The molecule has 2 rings (SSSR count). The molecule has 0 saturated carbocycles. The van der Waals surface area contributed by atoms with Crippen LogP contribution in [0.1, 0.15) is 18.1 Å². The largest absolute Gasteiger partial charge is 0.490 e. The summed E-state index contributed by atoms with van der Waals surface area (Å²) in [6.45, 7) is 6.27. The Morgan fingerprint density at radius 2 is 1.75 bits per heavy atom. The van der Waals surface area contributed by atoms with Crippen LogP contribution in [-0.4, -0.2) is 26.9 Å². The lowest BCUT2D eigenvalue weighted by atomic mass is 10.2. The van der Waals surface area contributed by atoms with Crippen LogP contribution in [0.15, 0.2) is 40.9 Å². The molecule has 0 amide bonds. The van der Waals surface area contributed by atoms with E-state index in [-0.39, 0.29) is 0 Å². The quantitative estimate of drug-likeness (QED) is 0.643. The van der Waals surface area contributed by atoms with Gasteiger partial charge in [-0.3, -0.25) is 0 Å². The van der Waals surface area contributed by atoms with Crippen molar-refractivity contribution in [3.05, 3.63) is 52.0 Å². The molecule has 1 N–H and O–H groups in total. The molecule has 0 radical (unpaired) electrons. The standard InChI is InChI=1S/C19H24BrNO3/c1-4-22-18-12-15(13-21-3)11-16(20)19(18)24-10-9-23-17-8-6-5-7-14(17)2/h5-8,11-12,21H,4,9-10,13H2,1-3H3. The molecule has 0 aliphatic heterocycles. The zero-order valence-corrected chi connectivity index (χ0v) is 16.0. The molecule has 0 unspecified atom stereocenters. The third kappa shape index (κ3) is 5.14. The van der Waals surface area contributed by atoms with Crippen molar-refractivity contribution in [2.45, 2.75) is 20.4 Å². The maximum atomic E-state index is 5.90. The van der Waals surface area contributed by atoms with Crippen LogP contribution in [0.2, 0.25) is 0 Å². The summed E-state index contributed by atoms with van der Waals surface area (Å²) in [5.41, 5.74) is 2.25. The van der Waals surface area contributed by atoms with Crippen molar-refractivity contribution in [3.63, 3.8) is 0 Å². The van der Waals surface area contributed by atoms with E-state index in [0.717, 1.165) is 33.6 Å². The summed E-state index contributed by atoms with van der Waals surface area (Å²) in [6, 6.07) is 12.0. The van der Waals surface area contributed by atoms with Crippen LogP contribution in [0.5, 0.6) is 17.2 Å². The van der Waals surface area contributed by atoms with Crippen LogP contribution in [0, 0.1) is 6.92 Å². The molecule has 0 spiro atoms. The van der Waals surface area contributed by atoms with Gasteiger partial charge in [-0.1, -0.05) is 18.2 Å². The Morgan fingerprint density at radius 1 is 1.00 bits per heavy atom. The van der Waals surface area contributed by atoms with Crippen LogP contribution in [0.4, 0.5) is 0 Å². The second-order valence-corrected chi connectivity index (χ2v) is 6.19. The van der Waals surface area contributed by atoms with E-state index < -0.39 is 0 Å². The predicted octanol–water partition coefficient (Wildman–Crippen LogP) is 4.33. The van der Waals surface area contributed by atoms with Gasteiger partial charge in [-0.25, -0.2) is 0 Å². The molecule has 0 aliphatic carbocycles. The van der Waals surface area contributed by atoms with Crippen molar-refractivity contribution < 1.29 is 14.2 Å². The Balaban J connectivity index is 1.99. The number of hydrogen-bond acceptors (Lipinski definition) is 4. The minimum atomic E-state index is 0.443. The van der Waals surface area contributed by atoms with Crippen LogP contribution >= 0.6 is 15.9 Å². The molecule has 4 nitrogen and oxygen atoms in total. The van der Waals surface area contributed by atoms with Crippen LogP contribution < -0.4 is 19.5 Å². The molecule has 24 heavy (non-hydrogen) atoms. The van der Waals surface area contributed by atoms with E-state index in [1.54, 1.807) is 0 Å². The fourth-order valence-corrected chi connectivity index (χ4v) is 2.95. The molecular formula is C19H24BrNO3. The van der Waals surface area contributed by atoms with Crippen LogP contribution in [-0.2, 0) is 6.54 Å². The maximum absolute atomic E-state index is 5.90. The van der Waals surface area contributed by atoms with Gasteiger partial charge >= 0.3 is 0 Å². The molecular weight excluding hydrogens is 370 g/mol. The summed E-state index contributed by atoms with van der Waals surface area (Å²) in [5, 5.41) is 3.14. The summed E-state index contributed by atoms with van der Waals surface area (Å²) in [5.74, 6) is 2.34. The first kappa shape index (κ1) is 18.6. The molecule has 0 saturated heterocycles. The number of aryl methyl sites for hydroxylation is 1. The highest BCUT2D eigenvalue weighted by molar-refractivity contribution is 9.10. The molecule has 2 aromatic carbocycles. The first-order chi connectivity index (χ1) is 11.7. The summed E-state index contributed by atoms with van der Waals surface area (Å²) in [7, 11) is 1.92. The van der Waals surface area contributed by atoms with Gasteiger partial charge in [0.25, 0.3) is 0 Å². The molecule has 0 aliphatic rings. The van der Waals surface area contributed by atoms with E-state index >= 15 is 0 Å². The Labute approximate surface area is 152 Å². The van der Waals surface area contributed by atoms with Gasteiger partial charge in [0.2, 0.25) is 0 Å². The number of para-hydroxylation sites is 1. The maximum Gasteiger partial charge on any atom is 0.175 e. The monoisotopic (exact) mass is 393 g/mol. The van der Waals surface area contributed by atoms with Crippen molar-refractivity contribution in [3.8, 4) is 17.2 Å². The molecule has 0 fully saturated rings. The molecule has 0 aromatic heterocycles. The van der Waals surface area contributed by atoms with Crippen molar-refractivity contribution >= 4 is 15.9 Å². The Kier molecular flexibility index (Phi) is 7.40. The first-order valence-electron chi connectivity index (χ1n) is 8.06. The smallest absolute Gasteiger partial charge is 0.175 e. The SMILES string of the molecule is CCOc1cc(CNC)cc(Br)c1OCCOc1ccccc1C. The number of nitrogens with one attached hydrogen (secondary N) is 1. The highest BCUT2D eigenvalue weighted by Gasteiger charge is 2.12. The average molecular weight is 394 g/mol. The van der Waals surface area contributed by atoms with E-state index in [9.17, 15) is 0 Å². The number of benzene rings is 2. The summed E-state index contributed by atoms with van der Waals surface area (Å²) < 4.78 is 18.3. The van der Waals surface area contributed by atoms with Gasteiger partial charge in [0.15, 0.2) is 11.5 Å². The zero-order chi connectivity index (χ0) is 17.4. The van der Waals surface area contributed by atoms with Crippen molar-refractivity contribution in [1.29, 1.82) is 0 Å². The zero-order valence-electron chi connectivity index (χ0n) is 14.4. The van der Waals surface area contributed by atoms with Gasteiger partial charge in [-0.15, -0.1) is 0 Å². The highest BCUT2D eigenvalue weighted by Crippen LogP contribution is 2.37. The summed E-state index contributed by atoms with van der Waals surface area (Å²) in [4.78, 5) is 0. The number of hydrogen-bond donors (Lipinski definition) is 1. The number of rotatable bonds is 9. The Hall–Kier alpha value is -1.72. The van der Waals surface area contributed by atoms with E-state index in [1.807, 2.05) is 57.3 Å². The summed E-state index contributed by atoms with van der Waals surface area (Å²) in [6.07, 6.45) is 0. The highest BCUT2D eigenvalue weighted by atomic mass is 79.9. The second-order valence-electron chi connectivity index (χ2n) is 5.33. The van der Waals surface area contributed by atoms with Crippen molar-refractivity contribution in [1.82, 2.24) is 5.32 Å². The molecule has 2 aromatic rings. The lowest BCUT2D eigenvalue weighted by molar-refractivity contribution is 0.206. The minimum Gasteiger partial charge on any atom is -0.490 e. The van der Waals surface area contributed by atoms with E-state index in [2.05, 4.69) is 21.2 Å². The summed E-state index contributed by atoms with van der Waals surface area (Å²) >= 11 is 3.57. The third-order valence-electron chi connectivity index (χ3n) is 3.43. The Morgan fingerprint density at radius 3 is 2.46 bits per heavy atom. The lowest BCUT2D eigenvalue weighted by Crippen LogP contribution is -2.11. The van der Waals surface area contributed by atoms with Gasteiger partial charge < -0.3 is 19.5 Å². The van der Waals surface area contributed by atoms with Gasteiger partial charge in [-0.2, -0.15) is 0 Å². The van der Waals surface area contributed by atoms with Gasteiger partial charge in [0, 0.05) is 6.54 Å². The molecule has 130 valence electrons. The first-order valence-corrected chi connectivity index (χ1v) is 8.86. The van der Waals surface area contributed by atoms with E-state index in [0.29, 0.717) is 25.6 Å². The molecule has 0 heterocycles. The normalized spacial score (nSPS) is 10.5. The number of halogens is 1. The number of ether oxygens (including phenoxy) is 3. The Bertz CT molecular complexity index is 661. The lowest BCUT2D eigenvalue weighted by Gasteiger charge is -2.16. The van der Waals surface area contributed by atoms with Gasteiger partial charge in [0.1, 0.15) is 19.0 Å². The fourth-order valence-electron chi connectivity index (χ4n) is 2.34. The molecule has 0 atom stereocenters. The molecule has 0 bridgehead atoms. The third-order valence-corrected chi connectivity index (χ3v) is 4.02. The van der Waals surface area contributed by atoms with Gasteiger partial charge in [0.05, 0.1) is 11.1 Å². The van der Waals surface area contributed by atoms with Crippen molar-refractivity contribution in [2.75, 3.05) is 26.9 Å². The van der Waals surface area contributed by atoms with Crippen LogP contribution in [0.25, 0.3) is 0 Å². The second kappa shape index (κ2) is 9.55. The van der Waals surface area contributed by atoms with Gasteiger partial charge in [-0.05, 0) is 66.2 Å². The topological polar surface area (TPSA) is 39.7 Å². The minimum absolute atomic E-state index is 0.443. The van der Waals surface area contributed by atoms with Crippen LogP contribution in [0.3, 0.4) is 0 Å². The molecule has 5 heteroatoms. The fraction of sp³-hybridized carbons (Fsp3) is 0.368. The predicted molar refractivity (Wildman–Crippen MR) is 100 cm³/mol. The van der Waals surface area contributed by atoms with E-state index in [4.69, 9.17) is 14.2 Å². The van der Waals surface area contributed by atoms with E-state index in [1.165, 1.54) is 0 Å². The van der Waals surface area contributed by atoms with Crippen molar-refractivity contribution in [2.24, 2.45) is 0 Å².